The lowest BCUT2D eigenvalue weighted by Gasteiger charge is -2.18. The number of nitrogens with zero attached hydrogens (tertiary/aromatic N) is 2. The molecule has 0 fully saturated rings. The van der Waals surface area contributed by atoms with Gasteiger partial charge in [0.15, 0.2) is 0 Å². The summed E-state index contributed by atoms with van der Waals surface area (Å²) in [5.74, 6) is 0.677. The number of hydrogen-bond donors (Lipinski definition) is 0. The summed E-state index contributed by atoms with van der Waals surface area (Å²) in [6.07, 6.45) is 6.19. The summed E-state index contributed by atoms with van der Waals surface area (Å²) in [5.41, 5.74) is 2.46. The van der Waals surface area contributed by atoms with E-state index in [1.54, 1.807) is 0 Å². The Morgan fingerprint density at radius 1 is 1.62 bits per heavy atom. The van der Waals surface area contributed by atoms with Gasteiger partial charge in [0.05, 0.1) is 5.70 Å². The van der Waals surface area contributed by atoms with Crippen LogP contribution in [0.5, 0.6) is 0 Å². The summed E-state index contributed by atoms with van der Waals surface area (Å²) < 4.78 is 0. The second-order valence-corrected chi connectivity index (χ2v) is 3.35. The lowest BCUT2D eigenvalue weighted by Crippen LogP contribution is -2.09. The van der Waals surface area contributed by atoms with E-state index in [0.29, 0.717) is 5.92 Å². The van der Waals surface area contributed by atoms with Gasteiger partial charge in [-0.1, -0.05) is 6.92 Å². The van der Waals surface area contributed by atoms with E-state index < -0.39 is 0 Å². The molecule has 13 heavy (non-hydrogen) atoms. The molecule has 1 aliphatic rings. The van der Waals surface area contributed by atoms with Gasteiger partial charge in [-0.2, -0.15) is 0 Å². The molecule has 0 aliphatic carbocycles. The molecule has 2 heteroatoms. The Balaban J connectivity index is 2.79. The van der Waals surface area contributed by atoms with Crippen LogP contribution in [0, 0.1) is 5.92 Å². The minimum atomic E-state index is 0.677. The van der Waals surface area contributed by atoms with E-state index in [9.17, 15) is 0 Å². The van der Waals surface area contributed by atoms with Crippen molar-refractivity contribution < 1.29 is 0 Å². The lowest BCUT2D eigenvalue weighted by atomic mass is 9.91. The van der Waals surface area contributed by atoms with Crippen LogP contribution in [0.2, 0.25) is 0 Å². The molecule has 0 saturated heterocycles. The maximum absolute atomic E-state index is 4.35. The molecule has 0 N–H and O–H groups in total. The molecule has 0 spiro atoms. The van der Waals surface area contributed by atoms with Gasteiger partial charge < -0.3 is 0 Å². The molecule has 1 unspecified atom stereocenters. The third kappa shape index (κ3) is 2.51. The van der Waals surface area contributed by atoms with Crippen molar-refractivity contribution in [3.05, 3.63) is 11.3 Å². The molecular weight excluding hydrogens is 160 g/mol. The highest BCUT2D eigenvalue weighted by Crippen LogP contribution is 2.24. The highest BCUT2D eigenvalue weighted by Gasteiger charge is 2.13. The average Bonchev–Trinajstić information content (AvgIpc) is 2.16. The summed E-state index contributed by atoms with van der Waals surface area (Å²) in [6.45, 7) is 7.27. The van der Waals surface area contributed by atoms with E-state index in [0.717, 1.165) is 18.7 Å². The first-order chi connectivity index (χ1) is 6.29. The first kappa shape index (κ1) is 10.2. The van der Waals surface area contributed by atoms with Crippen LogP contribution in [-0.2, 0) is 0 Å². The van der Waals surface area contributed by atoms with Crippen molar-refractivity contribution in [2.24, 2.45) is 15.9 Å². The third-order valence-corrected chi connectivity index (χ3v) is 2.53. The summed E-state index contributed by atoms with van der Waals surface area (Å²) in [4.78, 5) is 8.57. The monoisotopic (exact) mass is 178 g/mol. The van der Waals surface area contributed by atoms with Crippen molar-refractivity contribution in [1.82, 2.24) is 0 Å². The molecule has 2 nitrogen and oxygen atoms in total. The highest BCUT2D eigenvalue weighted by atomic mass is 14.8. The van der Waals surface area contributed by atoms with Crippen LogP contribution in [0.3, 0.4) is 0 Å². The average molecular weight is 178 g/mol. The zero-order valence-electron chi connectivity index (χ0n) is 8.75. The molecule has 72 valence electrons. The molecule has 0 amide bonds. The summed E-state index contributed by atoms with van der Waals surface area (Å²) >= 11 is 0. The normalized spacial score (nSPS) is 23.2. The topological polar surface area (TPSA) is 24.7 Å². The van der Waals surface area contributed by atoms with E-state index in [4.69, 9.17) is 0 Å². The van der Waals surface area contributed by atoms with E-state index in [1.807, 2.05) is 19.4 Å². The Morgan fingerprint density at radius 2 is 2.38 bits per heavy atom. The molecule has 0 radical (unpaired) electrons. The minimum absolute atomic E-state index is 0.677. The van der Waals surface area contributed by atoms with Gasteiger partial charge in [0.1, 0.15) is 0 Å². The van der Waals surface area contributed by atoms with Gasteiger partial charge in [0.2, 0.25) is 0 Å². The van der Waals surface area contributed by atoms with Gasteiger partial charge in [-0.3, -0.25) is 9.98 Å². The summed E-state index contributed by atoms with van der Waals surface area (Å²) in [5, 5.41) is 0. The molecule has 0 saturated carbocycles. The predicted octanol–water partition coefficient (Wildman–Crippen LogP) is 2.85. The number of rotatable bonds is 3. The van der Waals surface area contributed by atoms with E-state index >= 15 is 0 Å². The fourth-order valence-corrected chi connectivity index (χ4v) is 1.55. The first-order valence-electron chi connectivity index (χ1n) is 5.02. The van der Waals surface area contributed by atoms with Crippen LogP contribution < -0.4 is 0 Å². The molecule has 0 aromatic heterocycles. The van der Waals surface area contributed by atoms with Crippen LogP contribution in [0.4, 0.5) is 0 Å². The van der Waals surface area contributed by atoms with E-state index in [1.165, 1.54) is 12.0 Å². The van der Waals surface area contributed by atoms with Crippen LogP contribution in [-0.4, -0.2) is 19.0 Å². The Bertz CT molecular complexity index is 249. The van der Waals surface area contributed by atoms with Gasteiger partial charge in [-0.05, 0) is 38.2 Å². The minimum Gasteiger partial charge on any atom is -0.291 e. The number of aliphatic imine (C=N–C) groups is 2. The molecule has 1 atom stereocenters. The molecule has 0 aromatic carbocycles. The first-order valence-corrected chi connectivity index (χ1v) is 5.02. The third-order valence-electron chi connectivity index (χ3n) is 2.53. The second kappa shape index (κ2) is 4.95. The van der Waals surface area contributed by atoms with Gasteiger partial charge in [-0.25, -0.2) is 0 Å². The van der Waals surface area contributed by atoms with Crippen molar-refractivity contribution in [1.29, 1.82) is 0 Å². The molecule has 1 rings (SSSR count). The van der Waals surface area contributed by atoms with Crippen LogP contribution in [0.1, 0.15) is 33.6 Å². The SMILES string of the molecule is CCN=CC1=C(C)C(CC)CC=N1. The fourth-order valence-electron chi connectivity index (χ4n) is 1.55. The Morgan fingerprint density at radius 3 is 3.00 bits per heavy atom. The molecule has 0 bridgehead atoms. The lowest BCUT2D eigenvalue weighted by molar-refractivity contribution is 0.609. The van der Waals surface area contributed by atoms with Gasteiger partial charge in [-0.15, -0.1) is 0 Å². The maximum Gasteiger partial charge on any atom is 0.0795 e. The van der Waals surface area contributed by atoms with Crippen molar-refractivity contribution >= 4 is 12.4 Å². The van der Waals surface area contributed by atoms with Gasteiger partial charge in [0, 0.05) is 19.0 Å². The smallest absolute Gasteiger partial charge is 0.0795 e. The van der Waals surface area contributed by atoms with Crippen LogP contribution in [0.25, 0.3) is 0 Å². The summed E-state index contributed by atoms with van der Waals surface area (Å²) in [7, 11) is 0. The standard InChI is InChI=1S/C11H18N2/c1-4-10-6-7-13-11(9(10)3)8-12-5-2/h7-8,10H,4-6H2,1-3H3. The fraction of sp³-hybridized carbons (Fsp3) is 0.636. The zero-order valence-corrected chi connectivity index (χ0v) is 8.75. The Hall–Kier alpha value is -0.920. The number of hydrogen-bond acceptors (Lipinski definition) is 2. The molecular formula is C11H18N2. The maximum atomic E-state index is 4.35. The predicted molar refractivity (Wildman–Crippen MR) is 58.6 cm³/mol. The van der Waals surface area contributed by atoms with Crippen LogP contribution in [0.15, 0.2) is 21.3 Å². The Kier molecular flexibility index (Phi) is 3.87. The number of allylic oxidation sites excluding steroid dienone is 2. The van der Waals surface area contributed by atoms with Crippen molar-refractivity contribution in [3.63, 3.8) is 0 Å². The van der Waals surface area contributed by atoms with Gasteiger partial charge >= 0.3 is 0 Å². The molecule has 1 aliphatic heterocycles. The highest BCUT2D eigenvalue weighted by molar-refractivity contribution is 5.83. The largest absolute Gasteiger partial charge is 0.291 e. The Labute approximate surface area is 80.5 Å². The van der Waals surface area contributed by atoms with Gasteiger partial charge in [0.25, 0.3) is 0 Å². The quantitative estimate of drug-likeness (QED) is 0.594. The van der Waals surface area contributed by atoms with Crippen molar-refractivity contribution in [3.8, 4) is 0 Å². The van der Waals surface area contributed by atoms with Crippen LogP contribution >= 0.6 is 0 Å². The van der Waals surface area contributed by atoms with Crippen molar-refractivity contribution in [2.45, 2.75) is 33.6 Å². The van der Waals surface area contributed by atoms with E-state index in [2.05, 4.69) is 23.8 Å². The van der Waals surface area contributed by atoms with Crippen molar-refractivity contribution in [2.75, 3.05) is 6.54 Å². The zero-order chi connectivity index (χ0) is 9.68. The molecule has 0 aromatic rings. The van der Waals surface area contributed by atoms with E-state index in [-0.39, 0.29) is 0 Å². The summed E-state index contributed by atoms with van der Waals surface area (Å²) in [6, 6.07) is 0. The molecule has 1 heterocycles. The second-order valence-electron chi connectivity index (χ2n) is 3.35.